The first-order valence-electron chi connectivity index (χ1n) is 11.3. The number of aryl methyl sites for hydroxylation is 1. The Labute approximate surface area is 226 Å². The fourth-order valence-electron chi connectivity index (χ4n) is 3.94. The Balaban J connectivity index is 0.00000306. The van der Waals surface area contributed by atoms with Crippen LogP contribution < -0.4 is 15.5 Å². The van der Waals surface area contributed by atoms with Crippen molar-refractivity contribution in [2.45, 2.75) is 39.9 Å². The van der Waals surface area contributed by atoms with Gasteiger partial charge >= 0.3 is 0 Å². The number of carbonyl (C=O) groups excluding carboxylic acids is 2. The number of nitrogens with one attached hydrogen (secondary N) is 2. The molecule has 0 saturated carbocycles. The van der Waals surface area contributed by atoms with E-state index in [2.05, 4.69) is 36.6 Å². The van der Waals surface area contributed by atoms with E-state index < -0.39 is 0 Å². The molecule has 10 heteroatoms. The Morgan fingerprint density at radius 3 is 2.23 bits per heavy atom. The van der Waals surface area contributed by atoms with E-state index in [4.69, 9.17) is 11.6 Å². The van der Waals surface area contributed by atoms with Crippen LogP contribution in [0.2, 0.25) is 5.02 Å². The van der Waals surface area contributed by atoms with Crippen LogP contribution in [-0.4, -0.2) is 61.1 Å². The maximum atomic E-state index is 13.2. The van der Waals surface area contributed by atoms with E-state index in [1.54, 1.807) is 18.1 Å². The number of benzene rings is 2. The molecule has 2 amide bonds. The minimum atomic E-state index is -0.126. The Morgan fingerprint density at radius 1 is 1.03 bits per heavy atom. The fraction of sp³-hybridized carbons (Fsp3) is 0.440. The number of nitrogens with zero attached hydrogens (tertiary/aromatic N) is 3. The summed E-state index contributed by atoms with van der Waals surface area (Å²) < 4.78 is 0. The summed E-state index contributed by atoms with van der Waals surface area (Å²) in [6, 6.07) is 14.1. The highest BCUT2D eigenvalue weighted by atomic mass is 35.5. The molecule has 2 aromatic rings. The predicted octanol–water partition coefficient (Wildman–Crippen LogP) is 3.80. The average Bonchev–Trinajstić information content (AvgIpc) is 3.20. The van der Waals surface area contributed by atoms with Crippen molar-refractivity contribution >= 4 is 53.9 Å². The summed E-state index contributed by atoms with van der Waals surface area (Å²) in [4.78, 5) is 27.7. The van der Waals surface area contributed by atoms with Gasteiger partial charge in [-0.15, -0.1) is 24.8 Å². The van der Waals surface area contributed by atoms with Crippen LogP contribution in [0.1, 0.15) is 30.5 Å². The van der Waals surface area contributed by atoms with Gasteiger partial charge in [-0.3, -0.25) is 14.6 Å². The third kappa shape index (κ3) is 8.85. The molecule has 2 aromatic carbocycles. The molecule has 0 aliphatic carbocycles. The van der Waals surface area contributed by atoms with Gasteiger partial charge in [0, 0.05) is 50.0 Å². The van der Waals surface area contributed by atoms with Crippen LogP contribution in [0.4, 0.5) is 5.69 Å². The standard InChI is InChI=1S/C25H34ClN5O2.2ClH/c1-18(2)27-11-12-28-24(32)16-30(23-10-9-22(26)13-19(23)3)17-25(33)29(4)31-14-20-7-5-6-8-21(20)15-31;;/h5-10,13,18,27H,11-12,14-17H2,1-4H3,(H,28,32);2*1H. The average molecular weight is 545 g/mol. The molecule has 1 heterocycles. The lowest BCUT2D eigenvalue weighted by atomic mass is 10.1. The maximum absolute atomic E-state index is 13.2. The number of carbonyl (C=O) groups is 2. The highest BCUT2D eigenvalue weighted by molar-refractivity contribution is 6.30. The largest absolute Gasteiger partial charge is 0.353 e. The van der Waals surface area contributed by atoms with Gasteiger partial charge in [-0.2, -0.15) is 0 Å². The van der Waals surface area contributed by atoms with Crippen LogP contribution in [0.25, 0.3) is 0 Å². The third-order valence-electron chi connectivity index (χ3n) is 5.77. The highest BCUT2D eigenvalue weighted by Crippen LogP contribution is 2.25. The second-order valence-electron chi connectivity index (χ2n) is 8.75. The number of likely N-dealkylation sites (N-methyl/N-ethyl adjacent to an activating group) is 1. The number of fused-ring (bicyclic) bond motifs is 1. The van der Waals surface area contributed by atoms with Crippen LogP contribution in [0.3, 0.4) is 0 Å². The van der Waals surface area contributed by atoms with Gasteiger partial charge in [0.2, 0.25) is 5.91 Å². The van der Waals surface area contributed by atoms with E-state index in [0.717, 1.165) is 11.3 Å². The normalized spacial score (nSPS) is 12.4. The first-order valence-corrected chi connectivity index (χ1v) is 11.7. The molecule has 0 atom stereocenters. The zero-order valence-corrected chi connectivity index (χ0v) is 23.1. The summed E-state index contributed by atoms with van der Waals surface area (Å²) in [5.41, 5.74) is 4.20. The van der Waals surface area contributed by atoms with Crippen LogP contribution in [0.15, 0.2) is 42.5 Å². The lowest BCUT2D eigenvalue weighted by Gasteiger charge is -2.32. The molecule has 0 saturated heterocycles. The van der Waals surface area contributed by atoms with Crippen molar-refractivity contribution in [1.82, 2.24) is 20.7 Å². The topological polar surface area (TPSA) is 67.9 Å². The fourth-order valence-corrected chi connectivity index (χ4v) is 4.17. The summed E-state index contributed by atoms with van der Waals surface area (Å²) in [6.45, 7) is 8.85. The van der Waals surface area contributed by atoms with Crippen LogP contribution in [0, 0.1) is 6.92 Å². The van der Waals surface area contributed by atoms with E-state index in [0.29, 0.717) is 37.2 Å². The number of hydrazine groups is 1. The van der Waals surface area contributed by atoms with E-state index in [1.165, 1.54) is 11.1 Å². The molecule has 3 rings (SSSR count). The van der Waals surface area contributed by atoms with Crippen LogP contribution >= 0.6 is 36.4 Å². The third-order valence-corrected chi connectivity index (χ3v) is 6.00. The van der Waals surface area contributed by atoms with E-state index in [-0.39, 0.29) is 49.7 Å². The maximum Gasteiger partial charge on any atom is 0.256 e. The quantitative estimate of drug-likeness (QED) is 0.446. The molecular weight excluding hydrogens is 509 g/mol. The van der Waals surface area contributed by atoms with E-state index in [9.17, 15) is 9.59 Å². The minimum absolute atomic E-state index is 0. The molecule has 0 bridgehead atoms. The van der Waals surface area contributed by atoms with Crippen molar-refractivity contribution in [3.8, 4) is 0 Å². The monoisotopic (exact) mass is 543 g/mol. The summed E-state index contributed by atoms with van der Waals surface area (Å²) in [7, 11) is 1.79. The van der Waals surface area contributed by atoms with Gasteiger partial charge in [0.05, 0.1) is 13.1 Å². The van der Waals surface area contributed by atoms with Gasteiger partial charge in [-0.25, -0.2) is 5.01 Å². The number of halogens is 3. The van der Waals surface area contributed by atoms with E-state index >= 15 is 0 Å². The zero-order chi connectivity index (χ0) is 24.0. The number of rotatable bonds is 10. The molecule has 0 aromatic heterocycles. The van der Waals surface area contributed by atoms with Crippen molar-refractivity contribution in [2.75, 3.05) is 38.1 Å². The van der Waals surface area contributed by atoms with Gasteiger partial charge in [0.25, 0.3) is 5.91 Å². The minimum Gasteiger partial charge on any atom is -0.353 e. The van der Waals surface area contributed by atoms with Crippen molar-refractivity contribution in [2.24, 2.45) is 0 Å². The highest BCUT2D eigenvalue weighted by Gasteiger charge is 2.27. The first-order chi connectivity index (χ1) is 15.7. The SMILES string of the molecule is Cc1cc(Cl)ccc1N(CC(=O)NCCNC(C)C)CC(=O)N(C)N1Cc2ccccc2C1.Cl.Cl. The number of anilines is 1. The molecule has 2 N–H and O–H groups in total. The Morgan fingerprint density at radius 2 is 1.66 bits per heavy atom. The second kappa shape index (κ2) is 14.5. The van der Waals surface area contributed by atoms with E-state index in [1.807, 2.05) is 41.1 Å². The molecule has 1 aliphatic heterocycles. The summed E-state index contributed by atoms with van der Waals surface area (Å²) in [5, 5.41) is 10.5. The number of hydrogen-bond acceptors (Lipinski definition) is 5. The number of hydrogen-bond donors (Lipinski definition) is 2. The molecule has 0 radical (unpaired) electrons. The molecule has 0 fully saturated rings. The summed E-state index contributed by atoms with van der Waals surface area (Å²) >= 11 is 6.14. The molecule has 0 unspecified atom stereocenters. The lowest BCUT2D eigenvalue weighted by molar-refractivity contribution is -0.145. The summed E-state index contributed by atoms with van der Waals surface area (Å²) in [6.07, 6.45) is 0. The molecule has 0 spiro atoms. The van der Waals surface area contributed by atoms with Crippen molar-refractivity contribution in [3.63, 3.8) is 0 Å². The zero-order valence-electron chi connectivity index (χ0n) is 20.7. The Hall–Kier alpha value is -2.03. The molecule has 35 heavy (non-hydrogen) atoms. The van der Waals surface area contributed by atoms with Crippen LogP contribution in [0.5, 0.6) is 0 Å². The smallest absolute Gasteiger partial charge is 0.256 e. The molecule has 194 valence electrons. The van der Waals surface area contributed by atoms with Gasteiger partial charge in [0.1, 0.15) is 0 Å². The first kappa shape index (κ1) is 31.0. The lowest BCUT2D eigenvalue weighted by Crippen LogP contribution is -2.48. The Bertz CT molecular complexity index is 964. The van der Waals surface area contributed by atoms with Gasteiger partial charge in [-0.05, 0) is 41.8 Å². The molecule has 1 aliphatic rings. The van der Waals surface area contributed by atoms with Gasteiger partial charge in [-0.1, -0.05) is 49.7 Å². The van der Waals surface area contributed by atoms with Crippen molar-refractivity contribution in [3.05, 3.63) is 64.2 Å². The van der Waals surface area contributed by atoms with Crippen molar-refractivity contribution < 1.29 is 9.59 Å². The van der Waals surface area contributed by atoms with Gasteiger partial charge in [0.15, 0.2) is 0 Å². The van der Waals surface area contributed by atoms with Gasteiger partial charge < -0.3 is 15.5 Å². The van der Waals surface area contributed by atoms with Crippen molar-refractivity contribution in [1.29, 1.82) is 0 Å². The molecule has 7 nitrogen and oxygen atoms in total. The number of amides is 2. The van der Waals surface area contributed by atoms with Crippen LogP contribution in [-0.2, 0) is 22.7 Å². The predicted molar refractivity (Wildman–Crippen MR) is 148 cm³/mol. The summed E-state index contributed by atoms with van der Waals surface area (Å²) in [5.74, 6) is -0.203. The molecular formula is C25H36Cl3N5O2. The Kier molecular flexibility index (Phi) is 12.9. The second-order valence-corrected chi connectivity index (χ2v) is 9.19.